The summed E-state index contributed by atoms with van der Waals surface area (Å²) in [5.41, 5.74) is 2.42. The average molecular weight is 691 g/mol. The molecule has 12 heteroatoms. The Bertz CT molecular complexity index is 1790. The van der Waals surface area contributed by atoms with Crippen LogP contribution >= 0.6 is 43.2 Å². The molecule has 2 aliphatic heterocycles. The molecule has 0 N–H and O–H groups in total. The number of thiazole rings is 1. The maximum Gasteiger partial charge on any atom is 0.338 e. The van der Waals surface area contributed by atoms with Crippen LogP contribution in [0.4, 0.5) is 5.69 Å². The van der Waals surface area contributed by atoms with Crippen LogP contribution in [0.1, 0.15) is 37.9 Å². The second kappa shape index (κ2) is 11.0. The maximum atomic E-state index is 14.3. The highest BCUT2D eigenvalue weighted by Gasteiger charge is 2.37. The molecule has 2 aliphatic rings. The molecule has 0 unspecified atom stereocenters. The minimum atomic E-state index is -0.902. The fraction of sp³-hybridized carbons (Fsp3) is 0.286. The van der Waals surface area contributed by atoms with Crippen LogP contribution in [0.15, 0.2) is 60.3 Å². The van der Waals surface area contributed by atoms with E-state index in [-0.39, 0.29) is 22.6 Å². The second-order valence-electron chi connectivity index (χ2n) is 8.98. The largest absolute Gasteiger partial charge is 0.493 e. The van der Waals surface area contributed by atoms with E-state index in [4.69, 9.17) is 14.2 Å². The number of hydrogen-bond donors (Lipinski definition) is 0. The maximum absolute atomic E-state index is 14.3. The third kappa shape index (κ3) is 4.51. The molecule has 3 aromatic rings. The van der Waals surface area contributed by atoms with Gasteiger partial charge in [0.25, 0.3) is 11.5 Å². The summed E-state index contributed by atoms with van der Waals surface area (Å²) in [6.07, 6.45) is 0. The number of likely N-dealkylation sites (N-methyl/N-ethyl adjacent to an activating group) is 1. The van der Waals surface area contributed by atoms with Crippen LogP contribution in [-0.2, 0) is 14.3 Å². The summed E-state index contributed by atoms with van der Waals surface area (Å²) in [4.78, 5) is 47.6. The van der Waals surface area contributed by atoms with Gasteiger partial charge in [-0.1, -0.05) is 43.2 Å². The van der Waals surface area contributed by atoms with Gasteiger partial charge < -0.3 is 19.1 Å². The van der Waals surface area contributed by atoms with Crippen molar-refractivity contribution in [2.24, 2.45) is 4.99 Å². The van der Waals surface area contributed by atoms with E-state index in [2.05, 4.69) is 36.9 Å². The highest BCUT2D eigenvalue weighted by Crippen LogP contribution is 2.41. The lowest BCUT2D eigenvalue weighted by atomic mass is 9.95. The quantitative estimate of drug-likeness (QED) is 0.362. The Balaban J connectivity index is 1.86. The smallest absolute Gasteiger partial charge is 0.338 e. The van der Waals surface area contributed by atoms with E-state index in [0.717, 1.165) is 15.8 Å². The lowest BCUT2D eigenvalue weighted by Gasteiger charge is -2.26. The van der Waals surface area contributed by atoms with Gasteiger partial charge in [-0.2, -0.15) is 0 Å². The second-order valence-corrected chi connectivity index (χ2v) is 11.7. The van der Waals surface area contributed by atoms with Crippen molar-refractivity contribution < 1.29 is 23.8 Å². The summed E-state index contributed by atoms with van der Waals surface area (Å²) >= 11 is 8.21. The highest BCUT2D eigenvalue weighted by molar-refractivity contribution is 9.10. The molecule has 208 valence electrons. The summed E-state index contributed by atoms with van der Waals surface area (Å²) in [5.74, 6) is 0.0727. The molecule has 1 atom stereocenters. The Morgan fingerprint density at radius 1 is 1.10 bits per heavy atom. The zero-order chi connectivity index (χ0) is 28.9. The first-order valence-corrected chi connectivity index (χ1v) is 14.8. The predicted octanol–water partition coefficient (Wildman–Crippen LogP) is 4.08. The van der Waals surface area contributed by atoms with E-state index in [0.29, 0.717) is 55.5 Å². The summed E-state index contributed by atoms with van der Waals surface area (Å²) in [6.45, 7) is 5.81. The molecular weight excluding hydrogens is 666 g/mol. The molecular formula is C28H25Br2N3O6S. The van der Waals surface area contributed by atoms with Crippen LogP contribution in [0.5, 0.6) is 11.5 Å². The molecule has 1 amide bonds. The number of carbonyl (C=O) groups is 2. The minimum absolute atomic E-state index is 0.150. The predicted molar refractivity (Wildman–Crippen MR) is 159 cm³/mol. The van der Waals surface area contributed by atoms with Crippen molar-refractivity contribution in [1.82, 2.24) is 4.57 Å². The van der Waals surface area contributed by atoms with Crippen LogP contribution in [-0.4, -0.2) is 43.8 Å². The number of nitrogens with zero attached hydrogens (tertiary/aromatic N) is 3. The molecule has 40 heavy (non-hydrogen) atoms. The number of ether oxygens (including phenoxy) is 3. The SMILES string of the molecule is CCOC(=O)C1=C(C)N=c2s/c(=C3\C(=O)N(C)c4ccc(Br)cc43)c(=O)n2[C@H]1c1cc(OCC)c(OC)cc1Br. The average Bonchev–Trinajstić information content (AvgIpc) is 3.35. The van der Waals surface area contributed by atoms with Crippen LogP contribution in [0, 0.1) is 0 Å². The molecule has 9 nitrogen and oxygen atoms in total. The molecule has 0 fully saturated rings. The molecule has 0 spiro atoms. The van der Waals surface area contributed by atoms with Crippen LogP contribution < -0.4 is 29.3 Å². The van der Waals surface area contributed by atoms with Gasteiger partial charge in [-0.15, -0.1) is 0 Å². The third-order valence-corrected chi connectivity index (χ3v) is 8.94. The van der Waals surface area contributed by atoms with Gasteiger partial charge in [-0.3, -0.25) is 14.2 Å². The van der Waals surface area contributed by atoms with Crippen molar-refractivity contribution >= 4 is 66.3 Å². The van der Waals surface area contributed by atoms with Crippen molar-refractivity contribution in [2.45, 2.75) is 26.8 Å². The number of methoxy groups -OCH3 is 1. The van der Waals surface area contributed by atoms with E-state index < -0.39 is 17.6 Å². The fourth-order valence-electron chi connectivity index (χ4n) is 4.94. The van der Waals surface area contributed by atoms with E-state index in [9.17, 15) is 14.4 Å². The first-order valence-electron chi connectivity index (χ1n) is 12.4. The number of anilines is 1. The standard InChI is InChI=1S/C28H25Br2N3O6S/c1-6-38-20-11-15(17(30)12-19(20)37-5)23-21(27(36)39-7-2)13(3)31-28-33(23)26(35)24(40-28)22-16-10-14(29)8-9-18(16)32(4)25(22)34/h8-12,23H,6-7H2,1-5H3/b24-22-/t23-/m0/s1. The van der Waals surface area contributed by atoms with Gasteiger partial charge in [0, 0.05) is 21.6 Å². The van der Waals surface area contributed by atoms with Gasteiger partial charge in [0.05, 0.1) is 48.9 Å². The third-order valence-electron chi connectivity index (χ3n) is 6.70. The van der Waals surface area contributed by atoms with Crippen molar-refractivity contribution in [3.63, 3.8) is 0 Å². The fourth-order valence-corrected chi connectivity index (χ4v) is 6.97. The van der Waals surface area contributed by atoms with E-state index in [1.54, 1.807) is 33.0 Å². The molecule has 0 saturated carbocycles. The molecule has 0 saturated heterocycles. The minimum Gasteiger partial charge on any atom is -0.493 e. The molecule has 0 bridgehead atoms. The number of rotatable bonds is 6. The number of fused-ring (bicyclic) bond motifs is 2. The molecule has 2 aromatic carbocycles. The van der Waals surface area contributed by atoms with Crippen molar-refractivity contribution in [3.05, 3.63) is 81.4 Å². The number of halogens is 2. The number of carbonyl (C=O) groups excluding carboxylic acids is 2. The van der Waals surface area contributed by atoms with Crippen LogP contribution in [0.25, 0.3) is 5.57 Å². The molecule has 0 aliphatic carbocycles. The molecule has 3 heterocycles. The Morgan fingerprint density at radius 2 is 1.85 bits per heavy atom. The Morgan fingerprint density at radius 3 is 2.52 bits per heavy atom. The summed E-state index contributed by atoms with van der Waals surface area (Å²) in [7, 11) is 3.21. The number of aromatic nitrogens is 1. The molecule has 1 aromatic heterocycles. The van der Waals surface area contributed by atoms with E-state index >= 15 is 0 Å². The summed E-state index contributed by atoms with van der Waals surface area (Å²) in [5, 5.41) is 0. The summed E-state index contributed by atoms with van der Waals surface area (Å²) < 4.78 is 19.8. The Labute approximate surface area is 250 Å². The first-order chi connectivity index (χ1) is 19.1. The monoisotopic (exact) mass is 689 g/mol. The lowest BCUT2D eigenvalue weighted by molar-refractivity contribution is -0.139. The van der Waals surface area contributed by atoms with Crippen molar-refractivity contribution in [3.8, 4) is 11.5 Å². The number of amides is 1. The Hall–Kier alpha value is -3.22. The van der Waals surface area contributed by atoms with Gasteiger partial charge in [0.15, 0.2) is 16.3 Å². The first kappa shape index (κ1) is 28.3. The topological polar surface area (TPSA) is 99.4 Å². The molecule has 5 rings (SSSR count). The number of hydrogen-bond acceptors (Lipinski definition) is 8. The van der Waals surface area contributed by atoms with Crippen LogP contribution in [0.2, 0.25) is 0 Å². The zero-order valence-corrected chi connectivity index (χ0v) is 26.3. The van der Waals surface area contributed by atoms with Crippen molar-refractivity contribution in [2.75, 3.05) is 32.3 Å². The molecule has 0 radical (unpaired) electrons. The highest BCUT2D eigenvalue weighted by atomic mass is 79.9. The van der Waals surface area contributed by atoms with Gasteiger partial charge in [-0.25, -0.2) is 9.79 Å². The van der Waals surface area contributed by atoms with Crippen molar-refractivity contribution in [1.29, 1.82) is 0 Å². The van der Waals surface area contributed by atoms with E-state index in [1.807, 2.05) is 25.1 Å². The number of esters is 1. The van der Waals surface area contributed by atoms with Gasteiger partial charge >= 0.3 is 5.97 Å². The van der Waals surface area contributed by atoms with Gasteiger partial charge in [0.1, 0.15) is 4.53 Å². The number of allylic oxidation sites excluding steroid dienone is 1. The zero-order valence-electron chi connectivity index (χ0n) is 22.3. The van der Waals surface area contributed by atoms with Gasteiger partial charge in [-0.05, 0) is 56.7 Å². The normalized spacial score (nSPS) is 17.4. The van der Waals surface area contributed by atoms with E-state index in [1.165, 1.54) is 16.6 Å². The van der Waals surface area contributed by atoms with Crippen LogP contribution in [0.3, 0.4) is 0 Å². The Kier molecular flexibility index (Phi) is 7.77. The summed E-state index contributed by atoms with van der Waals surface area (Å²) in [6, 6.07) is 8.08. The van der Waals surface area contributed by atoms with Gasteiger partial charge in [0.2, 0.25) is 0 Å². The number of benzene rings is 2. The lowest BCUT2D eigenvalue weighted by Crippen LogP contribution is -2.41.